The molecule has 0 unspecified atom stereocenters. The summed E-state index contributed by atoms with van der Waals surface area (Å²) in [5.41, 5.74) is 1.09. The van der Waals surface area contributed by atoms with Crippen LogP contribution in [0.2, 0.25) is 5.02 Å². The molecule has 0 atom stereocenters. The molecule has 0 saturated heterocycles. The van der Waals surface area contributed by atoms with Crippen molar-refractivity contribution in [2.24, 2.45) is 0 Å². The highest BCUT2D eigenvalue weighted by molar-refractivity contribution is 7.17. The van der Waals surface area contributed by atoms with E-state index in [1.807, 2.05) is 50.4 Å². The van der Waals surface area contributed by atoms with Gasteiger partial charge in [0.2, 0.25) is 0 Å². The number of nitrogens with zero attached hydrogens (tertiary/aromatic N) is 1. The van der Waals surface area contributed by atoms with E-state index in [0.29, 0.717) is 6.54 Å². The predicted molar refractivity (Wildman–Crippen MR) is 77.4 cm³/mol. The zero-order valence-electron chi connectivity index (χ0n) is 10.3. The van der Waals surface area contributed by atoms with Gasteiger partial charge in [0, 0.05) is 23.5 Å². The van der Waals surface area contributed by atoms with Crippen LogP contribution in [0.5, 0.6) is 0 Å². The van der Waals surface area contributed by atoms with Gasteiger partial charge in [0.1, 0.15) is 0 Å². The van der Waals surface area contributed by atoms with Gasteiger partial charge in [0.15, 0.2) is 0 Å². The van der Waals surface area contributed by atoms with Crippen molar-refractivity contribution in [3.05, 3.63) is 46.3 Å². The van der Waals surface area contributed by atoms with E-state index in [1.54, 1.807) is 4.90 Å². The van der Waals surface area contributed by atoms with Crippen molar-refractivity contribution in [1.29, 1.82) is 0 Å². The average molecular weight is 280 g/mol. The summed E-state index contributed by atoms with van der Waals surface area (Å²) in [4.78, 5) is 15.5. The van der Waals surface area contributed by atoms with Crippen molar-refractivity contribution >= 4 is 28.8 Å². The lowest BCUT2D eigenvalue weighted by Gasteiger charge is -2.12. The normalized spacial score (nSPS) is 10.4. The number of rotatable bonds is 3. The minimum Gasteiger partial charge on any atom is -0.341 e. The molecule has 2 nitrogen and oxygen atoms in total. The van der Waals surface area contributed by atoms with Gasteiger partial charge in [-0.05, 0) is 36.8 Å². The van der Waals surface area contributed by atoms with Crippen LogP contribution in [0.25, 0.3) is 10.4 Å². The second kappa shape index (κ2) is 5.55. The molecule has 1 aromatic heterocycles. The van der Waals surface area contributed by atoms with E-state index in [0.717, 1.165) is 20.3 Å². The highest BCUT2D eigenvalue weighted by atomic mass is 35.5. The van der Waals surface area contributed by atoms with E-state index in [9.17, 15) is 4.79 Å². The third kappa shape index (κ3) is 2.74. The van der Waals surface area contributed by atoms with Crippen LogP contribution in [0.3, 0.4) is 0 Å². The Morgan fingerprint density at radius 1 is 1.22 bits per heavy atom. The molecular formula is C14H14ClNOS. The molecule has 0 radical (unpaired) electrons. The molecule has 0 spiro atoms. The SMILES string of the molecule is CCN(C)C(=O)c1ccc(-c2ccc(Cl)cc2)s1. The van der Waals surface area contributed by atoms with Gasteiger partial charge in [-0.15, -0.1) is 11.3 Å². The fraction of sp³-hybridized carbons (Fsp3) is 0.214. The van der Waals surface area contributed by atoms with Gasteiger partial charge in [-0.25, -0.2) is 0 Å². The smallest absolute Gasteiger partial charge is 0.263 e. The zero-order valence-corrected chi connectivity index (χ0v) is 11.9. The molecule has 0 aliphatic heterocycles. The Morgan fingerprint density at radius 2 is 1.89 bits per heavy atom. The fourth-order valence-corrected chi connectivity index (χ4v) is 2.69. The number of carbonyl (C=O) groups is 1. The second-order valence-corrected chi connectivity index (χ2v) is 5.51. The minimum atomic E-state index is 0.0720. The van der Waals surface area contributed by atoms with E-state index in [2.05, 4.69) is 0 Å². The number of halogens is 1. The second-order valence-electron chi connectivity index (χ2n) is 3.99. The van der Waals surface area contributed by atoms with E-state index < -0.39 is 0 Å². The van der Waals surface area contributed by atoms with Crippen LogP contribution in [0.4, 0.5) is 0 Å². The molecular weight excluding hydrogens is 266 g/mol. The maximum Gasteiger partial charge on any atom is 0.263 e. The number of amides is 1. The van der Waals surface area contributed by atoms with E-state index in [1.165, 1.54) is 11.3 Å². The van der Waals surface area contributed by atoms with Gasteiger partial charge >= 0.3 is 0 Å². The summed E-state index contributed by atoms with van der Waals surface area (Å²) in [5, 5.41) is 0.720. The molecule has 0 bridgehead atoms. The van der Waals surface area contributed by atoms with Crippen LogP contribution < -0.4 is 0 Å². The Labute approximate surface area is 116 Å². The first-order valence-electron chi connectivity index (χ1n) is 5.73. The molecule has 0 N–H and O–H groups in total. The van der Waals surface area contributed by atoms with E-state index in [4.69, 9.17) is 11.6 Å². The van der Waals surface area contributed by atoms with Gasteiger partial charge in [0.05, 0.1) is 4.88 Å². The molecule has 0 fully saturated rings. The summed E-state index contributed by atoms with van der Waals surface area (Å²) >= 11 is 7.37. The molecule has 2 aromatic rings. The molecule has 2 rings (SSSR count). The fourth-order valence-electron chi connectivity index (χ4n) is 1.55. The van der Waals surface area contributed by atoms with E-state index >= 15 is 0 Å². The Morgan fingerprint density at radius 3 is 2.50 bits per heavy atom. The number of thiophene rings is 1. The summed E-state index contributed by atoms with van der Waals surface area (Å²) in [6.45, 7) is 2.68. The lowest BCUT2D eigenvalue weighted by molar-refractivity contribution is 0.0807. The van der Waals surface area contributed by atoms with Crippen molar-refractivity contribution in [3.8, 4) is 10.4 Å². The summed E-state index contributed by atoms with van der Waals surface area (Å²) < 4.78 is 0. The third-order valence-corrected chi connectivity index (χ3v) is 4.14. The highest BCUT2D eigenvalue weighted by Crippen LogP contribution is 2.29. The van der Waals surface area contributed by atoms with Crippen LogP contribution in [0.1, 0.15) is 16.6 Å². The Balaban J connectivity index is 2.25. The highest BCUT2D eigenvalue weighted by Gasteiger charge is 2.13. The monoisotopic (exact) mass is 279 g/mol. The first-order valence-corrected chi connectivity index (χ1v) is 6.92. The van der Waals surface area contributed by atoms with Gasteiger partial charge < -0.3 is 4.90 Å². The average Bonchev–Trinajstić information content (AvgIpc) is 2.87. The van der Waals surface area contributed by atoms with Crippen LogP contribution in [0.15, 0.2) is 36.4 Å². The predicted octanol–water partition coefficient (Wildman–Crippen LogP) is 4.16. The van der Waals surface area contributed by atoms with Gasteiger partial charge in [-0.3, -0.25) is 4.79 Å². The molecule has 0 saturated carbocycles. The van der Waals surface area contributed by atoms with Gasteiger partial charge in [0.25, 0.3) is 5.91 Å². The first-order chi connectivity index (χ1) is 8.61. The van der Waals surface area contributed by atoms with Gasteiger partial charge in [-0.1, -0.05) is 23.7 Å². The molecule has 1 aromatic carbocycles. The number of benzene rings is 1. The van der Waals surface area contributed by atoms with Crippen molar-refractivity contribution in [3.63, 3.8) is 0 Å². The molecule has 18 heavy (non-hydrogen) atoms. The largest absolute Gasteiger partial charge is 0.341 e. The number of hydrogen-bond acceptors (Lipinski definition) is 2. The molecule has 0 aliphatic carbocycles. The lowest BCUT2D eigenvalue weighted by atomic mass is 10.2. The van der Waals surface area contributed by atoms with Crippen LogP contribution in [0, 0.1) is 0 Å². The molecule has 4 heteroatoms. The molecule has 1 heterocycles. The Kier molecular flexibility index (Phi) is 4.04. The number of carbonyl (C=O) groups excluding carboxylic acids is 1. The topological polar surface area (TPSA) is 20.3 Å². The molecule has 94 valence electrons. The number of hydrogen-bond donors (Lipinski definition) is 0. The van der Waals surface area contributed by atoms with Gasteiger partial charge in [-0.2, -0.15) is 0 Å². The van der Waals surface area contributed by atoms with E-state index in [-0.39, 0.29) is 5.91 Å². The Bertz CT molecular complexity index is 547. The van der Waals surface area contributed by atoms with Crippen molar-refractivity contribution in [1.82, 2.24) is 4.90 Å². The molecule has 0 aliphatic rings. The molecule has 1 amide bonds. The third-order valence-electron chi connectivity index (χ3n) is 2.77. The summed E-state index contributed by atoms with van der Waals surface area (Å²) in [5.74, 6) is 0.0720. The van der Waals surface area contributed by atoms with Crippen molar-refractivity contribution < 1.29 is 4.79 Å². The Hall–Kier alpha value is -1.32. The maximum atomic E-state index is 12.0. The van der Waals surface area contributed by atoms with Crippen molar-refractivity contribution in [2.75, 3.05) is 13.6 Å². The quantitative estimate of drug-likeness (QED) is 0.826. The van der Waals surface area contributed by atoms with Crippen LogP contribution >= 0.6 is 22.9 Å². The summed E-state index contributed by atoms with van der Waals surface area (Å²) in [6, 6.07) is 11.5. The summed E-state index contributed by atoms with van der Waals surface area (Å²) in [6.07, 6.45) is 0. The first kappa shape index (κ1) is 13.1. The van der Waals surface area contributed by atoms with Crippen LogP contribution in [-0.2, 0) is 0 Å². The summed E-state index contributed by atoms with van der Waals surface area (Å²) in [7, 11) is 1.81. The van der Waals surface area contributed by atoms with Crippen molar-refractivity contribution in [2.45, 2.75) is 6.92 Å². The maximum absolute atomic E-state index is 12.0. The standard InChI is InChI=1S/C14H14ClNOS/c1-3-16(2)14(17)13-9-8-12(18-13)10-4-6-11(15)7-5-10/h4-9H,3H2,1-2H3. The lowest BCUT2D eigenvalue weighted by Crippen LogP contribution is -2.25. The zero-order chi connectivity index (χ0) is 13.1. The van der Waals surface area contributed by atoms with Crippen LogP contribution in [-0.4, -0.2) is 24.4 Å². The minimum absolute atomic E-state index is 0.0720.